The van der Waals surface area contributed by atoms with Gasteiger partial charge in [-0.1, -0.05) is 63.7 Å². The number of esters is 2. The summed E-state index contributed by atoms with van der Waals surface area (Å²) < 4.78 is 12.7. The molecule has 0 aromatic carbocycles. The van der Waals surface area contributed by atoms with E-state index in [1.807, 2.05) is 0 Å². The molecule has 0 saturated carbocycles. The lowest BCUT2D eigenvalue weighted by atomic mass is 9.78. The second-order valence-electron chi connectivity index (χ2n) is 4.27. The number of methoxy groups -OCH3 is 2. The van der Waals surface area contributed by atoms with Crippen molar-refractivity contribution in [3.05, 3.63) is 0 Å². The van der Waals surface area contributed by atoms with Crippen molar-refractivity contribution in [1.82, 2.24) is 0 Å². The molecular weight excluding hydrogens is 520 g/mol. The molecule has 0 unspecified atom stereocenters. The highest BCUT2D eigenvalue weighted by atomic mass is 79.9. The standard InChI is InChI=1S/C10H10Br4O5/c1-17-7(15)9(13)5-3(11)4(12)6(19-5)10(9,14)8(16)18-2/h3-6H,1-2H3/t3-,4+,5-,6-,9-,10-/m0/s1. The highest BCUT2D eigenvalue weighted by Crippen LogP contribution is 2.61. The second kappa shape index (κ2) is 5.23. The third-order valence-corrected chi connectivity index (χ3v) is 9.60. The van der Waals surface area contributed by atoms with Crippen LogP contribution >= 0.6 is 63.7 Å². The maximum Gasteiger partial charge on any atom is 0.327 e. The quantitative estimate of drug-likeness (QED) is 0.404. The number of alkyl halides is 4. The Balaban J connectivity index is 2.56. The number of fused-ring (bicyclic) bond motifs is 2. The Labute approximate surface area is 143 Å². The van der Waals surface area contributed by atoms with Crippen LogP contribution in [0.3, 0.4) is 0 Å². The summed E-state index contributed by atoms with van der Waals surface area (Å²) in [6.45, 7) is 0. The Bertz CT molecular complexity index is 394. The first-order valence-electron chi connectivity index (χ1n) is 5.25. The summed E-state index contributed by atoms with van der Waals surface area (Å²) >= 11 is 13.7. The molecule has 2 heterocycles. The lowest BCUT2D eigenvalue weighted by Crippen LogP contribution is -2.67. The molecular formula is C10H10Br4O5. The molecule has 2 aliphatic rings. The smallest absolute Gasteiger partial charge is 0.327 e. The minimum absolute atomic E-state index is 0.147. The first-order valence-corrected chi connectivity index (χ1v) is 8.66. The molecule has 2 aliphatic heterocycles. The minimum Gasteiger partial charge on any atom is -0.468 e. The highest BCUT2D eigenvalue weighted by Gasteiger charge is 2.80. The SMILES string of the molecule is COC(=O)[C@@]1(Br)[C@H]2O[C@@H]([C@@H](Br)[C@H]2Br)[C@]1(Br)C(=O)OC. The Hall–Kier alpha value is 0.820. The molecule has 2 saturated heterocycles. The van der Waals surface area contributed by atoms with Gasteiger partial charge in [0.05, 0.1) is 36.1 Å². The largest absolute Gasteiger partial charge is 0.468 e. The Kier molecular flexibility index (Phi) is 4.45. The number of halogens is 4. The summed E-state index contributed by atoms with van der Waals surface area (Å²) in [5, 5.41) is 0. The first-order chi connectivity index (χ1) is 8.76. The number of rotatable bonds is 2. The molecule has 0 radical (unpaired) electrons. The van der Waals surface area contributed by atoms with Crippen LogP contribution in [-0.2, 0) is 23.8 Å². The molecule has 0 amide bonds. The molecule has 2 rings (SSSR count). The van der Waals surface area contributed by atoms with Crippen molar-refractivity contribution in [3.8, 4) is 0 Å². The number of hydrogen-bond donors (Lipinski definition) is 0. The number of ether oxygens (including phenoxy) is 3. The van der Waals surface area contributed by atoms with Crippen molar-refractivity contribution in [2.45, 2.75) is 30.5 Å². The van der Waals surface area contributed by atoms with Gasteiger partial charge in [-0.25, -0.2) is 0 Å². The van der Waals surface area contributed by atoms with Crippen LogP contribution in [0.5, 0.6) is 0 Å². The van der Waals surface area contributed by atoms with Crippen LogP contribution in [0.25, 0.3) is 0 Å². The molecule has 19 heavy (non-hydrogen) atoms. The van der Waals surface area contributed by atoms with Gasteiger partial charge in [0.2, 0.25) is 0 Å². The summed E-state index contributed by atoms with van der Waals surface area (Å²) in [5.41, 5.74) is 0. The highest BCUT2D eigenvalue weighted by molar-refractivity contribution is 9.14. The predicted octanol–water partition coefficient (Wildman–Crippen LogP) is 1.91. The van der Waals surface area contributed by atoms with Crippen LogP contribution in [0.4, 0.5) is 0 Å². The van der Waals surface area contributed by atoms with Gasteiger partial charge in [-0.05, 0) is 0 Å². The average molecular weight is 530 g/mol. The van der Waals surface area contributed by atoms with E-state index in [1.165, 1.54) is 14.2 Å². The van der Waals surface area contributed by atoms with Crippen LogP contribution in [0.15, 0.2) is 0 Å². The zero-order chi connectivity index (χ0) is 14.6. The fourth-order valence-corrected chi connectivity index (χ4v) is 6.70. The van der Waals surface area contributed by atoms with Crippen LogP contribution in [0.1, 0.15) is 0 Å². The molecule has 6 atom stereocenters. The van der Waals surface area contributed by atoms with Crippen molar-refractivity contribution < 1.29 is 23.8 Å². The first kappa shape index (κ1) is 16.2. The Morgan fingerprint density at radius 1 is 0.947 bits per heavy atom. The van der Waals surface area contributed by atoms with Crippen molar-refractivity contribution in [2.24, 2.45) is 0 Å². The summed E-state index contributed by atoms with van der Waals surface area (Å²) in [6, 6.07) is 0. The van der Waals surface area contributed by atoms with Gasteiger partial charge in [0.25, 0.3) is 0 Å². The lowest BCUT2D eigenvalue weighted by Gasteiger charge is -2.42. The molecule has 2 bridgehead atoms. The summed E-state index contributed by atoms with van der Waals surface area (Å²) in [7, 11) is 2.52. The van der Waals surface area contributed by atoms with E-state index in [0.29, 0.717) is 0 Å². The number of carbonyl (C=O) groups excluding carboxylic acids is 2. The molecule has 5 nitrogen and oxygen atoms in total. The van der Waals surface area contributed by atoms with Crippen LogP contribution in [0.2, 0.25) is 0 Å². The number of carbonyl (C=O) groups is 2. The Morgan fingerprint density at radius 2 is 1.26 bits per heavy atom. The third kappa shape index (κ3) is 1.84. The van der Waals surface area contributed by atoms with E-state index >= 15 is 0 Å². The van der Waals surface area contributed by atoms with E-state index in [-0.39, 0.29) is 9.65 Å². The normalized spacial score (nSPS) is 48.1. The zero-order valence-corrected chi connectivity index (χ0v) is 16.2. The van der Waals surface area contributed by atoms with Gasteiger partial charge in [0.1, 0.15) is 0 Å². The summed E-state index contributed by atoms with van der Waals surface area (Å²) in [4.78, 5) is 24.1. The zero-order valence-electron chi connectivity index (χ0n) is 9.86. The van der Waals surface area contributed by atoms with E-state index in [1.54, 1.807) is 0 Å². The van der Waals surface area contributed by atoms with Crippen molar-refractivity contribution in [2.75, 3.05) is 14.2 Å². The minimum atomic E-state index is -1.36. The molecule has 0 spiro atoms. The molecule has 0 N–H and O–H groups in total. The van der Waals surface area contributed by atoms with Crippen LogP contribution in [0, 0.1) is 0 Å². The summed E-state index contributed by atoms with van der Waals surface area (Å²) in [6.07, 6.45) is -1.15. The van der Waals surface area contributed by atoms with E-state index < -0.39 is 32.8 Å². The van der Waals surface area contributed by atoms with Crippen LogP contribution in [-0.4, -0.2) is 56.7 Å². The third-order valence-electron chi connectivity index (χ3n) is 3.45. The lowest BCUT2D eigenvalue weighted by molar-refractivity contribution is -0.152. The van der Waals surface area contributed by atoms with Crippen LogP contribution < -0.4 is 0 Å². The maximum absolute atomic E-state index is 12.2. The Morgan fingerprint density at radius 3 is 1.53 bits per heavy atom. The molecule has 108 valence electrons. The predicted molar refractivity (Wildman–Crippen MR) is 81.4 cm³/mol. The molecule has 2 fully saturated rings. The second-order valence-corrected chi connectivity index (χ2v) is 8.89. The van der Waals surface area contributed by atoms with Gasteiger partial charge in [-0.3, -0.25) is 9.59 Å². The van der Waals surface area contributed by atoms with E-state index in [9.17, 15) is 9.59 Å². The van der Waals surface area contributed by atoms with Gasteiger partial charge in [0.15, 0.2) is 8.65 Å². The molecule has 0 aliphatic carbocycles. The summed E-state index contributed by atoms with van der Waals surface area (Å²) in [5.74, 6) is -1.18. The van der Waals surface area contributed by atoms with Gasteiger partial charge in [-0.2, -0.15) is 0 Å². The van der Waals surface area contributed by atoms with Gasteiger partial charge in [-0.15, -0.1) is 0 Å². The molecule has 9 heteroatoms. The van der Waals surface area contributed by atoms with Crippen molar-refractivity contribution in [1.29, 1.82) is 0 Å². The topological polar surface area (TPSA) is 61.8 Å². The molecule has 0 aromatic heterocycles. The van der Waals surface area contributed by atoms with Crippen molar-refractivity contribution in [3.63, 3.8) is 0 Å². The van der Waals surface area contributed by atoms with E-state index in [0.717, 1.165) is 0 Å². The van der Waals surface area contributed by atoms with E-state index in [4.69, 9.17) is 14.2 Å². The van der Waals surface area contributed by atoms with Gasteiger partial charge >= 0.3 is 11.9 Å². The molecule has 0 aromatic rings. The van der Waals surface area contributed by atoms with Crippen molar-refractivity contribution >= 4 is 75.7 Å². The maximum atomic E-state index is 12.2. The van der Waals surface area contributed by atoms with E-state index in [2.05, 4.69) is 63.7 Å². The van der Waals surface area contributed by atoms with Gasteiger partial charge in [0, 0.05) is 0 Å². The number of hydrogen-bond acceptors (Lipinski definition) is 5. The fraction of sp³-hybridized carbons (Fsp3) is 0.800. The van der Waals surface area contributed by atoms with Gasteiger partial charge < -0.3 is 14.2 Å². The monoisotopic (exact) mass is 526 g/mol. The average Bonchev–Trinajstić information content (AvgIpc) is 2.83. The fourth-order valence-electron chi connectivity index (χ4n) is 2.51.